The third kappa shape index (κ3) is 3.64. The number of benzene rings is 1. The minimum Gasteiger partial charge on any atom is -0.317 e. The van der Waals surface area contributed by atoms with Crippen molar-refractivity contribution in [3.63, 3.8) is 0 Å². The van der Waals surface area contributed by atoms with Gasteiger partial charge in [-0.3, -0.25) is 4.79 Å². The maximum absolute atomic E-state index is 12.4. The number of carbonyl (C=O) groups excluding carboxylic acids is 1. The number of rotatable bonds is 5. The number of aromatic nitrogens is 3. The summed E-state index contributed by atoms with van der Waals surface area (Å²) < 4.78 is 2.15. The first-order valence-electron chi connectivity index (χ1n) is 9.30. The second-order valence-electron chi connectivity index (χ2n) is 7.15. The molecule has 1 aromatic carbocycles. The van der Waals surface area contributed by atoms with E-state index in [-0.39, 0.29) is 5.91 Å². The SMILES string of the molecule is Cn1c(SCC2CC(=O)N(c3ccccc3)C2)nnc1C1CCNCC1. The number of nitrogens with one attached hydrogen (secondary N) is 1. The van der Waals surface area contributed by atoms with Gasteiger partial charge >= 0.3 is 0 Å². The fourth-order valence-electron chi connectivity index (χ4n) is 3.83. The van der Waals surface area contributed by atoms with E-state index in [1.54, 1.807) is 11.8 Å². The summed E-state index contributed by atoms with van der Waals surface area (Å²) in [6.07, 6.45) is 2.86. The van der Waals surface area contributed by atoms with Gasteiger partial charge in [-0.15, -0.1) is 10.2 Å². The summed E-state index contributed by atoms with van der Waals surface area (Å²) in [6.45, 7) is 2.90. The number of hydrogen-bond donors (Lipinski definition) is 1. The fourth-order valence-corrected chi connectivity index (χ4v) is 4.82. The summed E-state index contributed by atoms with van der Waals surface area (Å²) in [5, 5.41) is 13.2. The highest BCUT2D eigenvalue weighted by atomic mass is 32.2. The predicted octanol–water partition coefficient (Wildman–Crippen LogP) is 2.43. The van der Waals surface area contributed by atoms with Crippen molar-refractivity contribution in [2.75, 3.05) is 30.3 Å². The van der Waals surface area contributed by atoms with Crippen molar-refractivity contribution < 1.29 is 4.79 Å². The van der Waals surface area contributed by atoms with Crippen molar-refractivity contribution in [3.05, 3.63) is 36.2 Å². The Bertz CT molecular complexity index is 757. The van der Waals surface area contributed by atoms with Gasteiger partial charge in [0.25, 0.3) is 0 Å². The van der Waals surface area contributed by atoms with Crippen LogP contribution in [0, 0.1) is 5.92 Å². The molecular formula is C19H25N5OS. The Hall–Kier alpha value is -1.86. The summed E-state index contributed by atoms with van der Waals surface area (Å²) in [5.74, 6) is 3.07. The van der Waals surface area contributed by atoms with Gasteiger partial charge in [0.15, 0.2) is 5.16 Å². The molecule has 0 aliphatic carbocycles. The van der Waals surface area contributed by atoms with Gasteiger partial charge in [-0.25, -0.2) is 0 Å². The van der Waals surface area contributed by atoms with E-state index in [9.17, 15) is 4.79 Å². The van der Waals surface area contributed by atoms with E-state index in [0.29, 0.717) is 18.3 Å². The first-order valence-corrected chi connectivity index (χ1v) is 10.3. The lowest BCUT2D eigenvalue weighted by Crippen LogP contribution is -2.27. The van der Waals surface area contributed by atoms with E-state index in [0.717, 1.165) is 54.9 Å². The average molecular weight is 372 g/mol. The van der Waals surface area contributed by atoms with Crippen molar-refractivity contribution in [2.45, 2.75) is 30.3 Å². The highest BCUT2D eigenvalue weighted by Crippen LogP contribution is 2.31. The third-order valence-corrected chi connectivity index (χ3v) is 6.55. The first kappa shape index (κ1) is 17.5. The normalized spacial score (nSPS) is 21.5. The summed E-state index contributed by atoms with van der Waals surface area (Å²) in [7, 11) is 2.07. The smallest absolute Gasteiger partial charge is 0.227 e. The van der Waals surface area contributed by atoms with Gasteiger partial charge in [0.1, 0.15) is 5.82 Å². The Morgan fingerprint density at radius 3 is 2.73 bits per heavy atom. The summed E-state index contributed by atoms with van der Waals surface area (Å²) >= 11 is 1.72. The lowest BCUT2D eigenvalue weighted by atomic mass is 9.97. The van der Waals surface area contributed by atoms with Gasteiger partial charge in [-0.05, 0) is 44.0 Å². The maximum atomic E-state index is 12.4. The monoisotopic (exact) mass is 371 g/mol. The average Bonchev–Trinajstić information content (AvgIpc) is 3.24. The van der Waals surface area contributed by atoms with E-state index in [4.69, 9.17) is 0 Å². The number of amides is 1. The Morgan fingerprint density at radius 1 is 1.19 bits per heavy atom. The van der Waals surface area contributed by atoms with Crippen LogP contribution in [0.4, 0.5) is 5.69 Å². The number of nitrogens with zero attached hydrogens (tertiary/aromatic N) is 4. The lowest BCUT2D eigenvalue weighted by Gasteiger charge is -2.21. The van der Waals surface area contributed by atoms with Gasteiger partial charge in [0, 0.05) is 37.4 Å². The molecule has 2 aliphatic rings. The molecule has 138 valence electrons. The van der Waals surface area contributed by atoms with E-state index >= 15 is 0 Å². The maximum Gasteiger partial charge on any atom is 0.227 e. The van der Waals surface area contributed by atoms with Gasteiger partial charge in [-0.1, -0.05) is 30.0 Å². The molecule has 1 N–H and O–H groups in total. The number of thioether (sulfide) groups is 1. The van der Waals surface area contributed by atoms with E-state index in [1.807, 2.05) is 35.2 Å². The van der Waals surface area contributed by atoms with Crippen molar-refractivity contribution in [1.82, 2.24) is 20.1 Å². The molecule has 1 atom stereocenters. The molecule has 2 aliphatic heterocycles. The summed E-state index contributed by atoms with van der Waals surface area (Å²) in [6, 6.07) is 9.94. The first-order chi connectivity index (χ1) is 12.7. The molecule has 0 bridgehead atoms. The van der Waals surface area contributed by atoms with Crippen LogP contribution in [0.1, 0.15) is 31.0 Å². The number of carbonyl (C=O) groups is 1. The molecule has 26 heavy (non-hydrogen) atoms. The van der Waals surface area contributed by atoms with Crippen molar-refractivity contribution in [3.8, 4) is 0 Å². The topological polar surface area (TPSA) is 63.1 Å². The van der Waals surface area contributed by atoms with Crippen LogP contribution in [0.5, 0.6) is 0 Å². The quantitative estimate of drug-likeness (QED) is 0.818. The number of para-hydroxylation sites is 1. The molecule has 1 amide bonds. The highest BCUT2D eigenvalue weighted by Gasteiger charge is 2.31. The van der Waals surface area contributed by atoms with Crippen LogP contribution in [0.15, 0.2) is 35.5 Å². The Morgan fingerprint density at radius 2 is 1.96 bits per heavy atom. The molecular weight excluding hydrogens is 346 g/mol. The molecule has 4 rings (SSSR count). The number of hydrogen-bond acceptors (Lipinski definition) is 5. The van der Waals surface area contributed by atoms with E-state index in [1.165, 1.54) is 0 Å². The van der Waals surface area contributed by atoms with Crippen molar-refractivity contribution >= 4 is 23.4 Å². The van der Waals surface area contributed by atoms with E-state index < -0.39 is 0 Å². The Balaban J connectivity index is 1.36. The van der Waals surface area contributed by atoms with Crippen molar-refractivity contribution in [1.29, 1.82) is 0 Å². The lowest BCUT2D eigenvalue weighted by molar-refractivity contribution is -0.117. The molecule has 2 saturated heterocycles. The molecule has 0 radical (unpaired) electrons. The molecule has 1 unspecified atom stereocenters. The van der Waals surface area contributed by atoms with Crippen LogP contribution >= 0.6 is 11.8 Å². The zero-order chi connectivity index (χ0) is 17.9. The van der Waals surface area contributed by atoms with Gasteiger partial charge < -0.3 is 14.8 Å². The van der Waals surface area contributed by atoms with Crippen LogP contribution in [0.2, 0.25) is 0 Å². The zero-order valence-corrected chi connectivity index (χ0v) is 15.9. The van der Waals surface area contributed by atoms with Crippen LogP contribution in [-0.4, -0.2) is 46.1 Å². The summed E-state index contributed by atoms with van der Waals surface area (Å²) in [5.41, 5.74) is 0.997. The molecule has 3 heterocycles. The second-order valence-corrected chi connectivity index (χ2v) is 8.13. The van der Waals surface area contributed by atoms with Crippen LogP contribution in [-0.2, 0) is 11.8 Å². The second kappa shape index (κ2) is 7.80. The fraction of sp³-hybridized carbons (Fsp3) is 0.526. The number of anilines is 1. The molecule has 2 aromatic rings. The highest BCUT2D eigenvalue weighted by molar-refractivity contribution is 7.99. The van der Waals surface area contributed by atoms with E-state index in [2.05, 4.69) is 27.1 Å². The predicted molar refractivity (Wildman–Crippen MR) is 103 cm³/mol. The number of piperidine rings is 1. The van der Waals surface area contributed by atoms with Gasteiger partial charge in [-0.2, -0.15) is 0 Å². The van der Waals surface area contributed by atoms with Gasteiger partial charge in [0.2, 0.25) is 5.91 Å². The Labute approximate surface area is 158 Å². The standard InChI is InChI=1S/C19H25N5OS/c1-23-18(15-7-9-20-10-8-15)21-22-19(23)26-13-14-11-17(25)24(12-14)16-5-3-2-4-6-16/h2-6,14-15,20H,7-13H2,1H3. The van der Waals surface area contributed by atoms with Gasteiger partial charge in [0.05, 0.1) is 0 Å². The van der Waals surface area contributed by atoms with Crippen LogP contribution < -0.4 is 10.2 Å². The minimum atomic E-state index is 0.218. The Kier molecular flexibility index (Phi) is 5.26. The van der Waals surface area contributed by atoms with Crippen molar-refractivity contribution in [2.24, 2.45) is 13.0 Å². The molecule has 1 aromatic heterocycles. The van der Waals surface area contributed by atoms with Crippen LogP contribution in [0.25, 0.3) is 0 Å². The minimum absolute atomic E-state index is 0.218. The third-order valence-electron chi connectivity index (χ3n) is 5.29. The van der Waals surface area contributed by atoms with Crippen LogP contribution in [0.3, 0.4) is 0 Å². The largest absolute Gasteiger partial charge is 0.317 e. The molecule has 7 heteroatoms. The molecule has 0 spiro atoms. The summed E-state index contributed by atoms with van der Waals surface area (Å²) in [4.78, 5) is 14.3. The molecule has 2 fully saturated rings. The molecule has 0 saturated carbocycles. The zero-order valence-electron chi connectivity index (χ0n) is 15.1. The molecule has 6 nitrogen and oxygen atoms in total.